The summed E-state index contributed by atoms with van der Waals surface area (Å²) >= 11 is 3.96. The highest BCUT2D eigenvalue weighted by molar-refractivity contribution is 7.80. The molecule has 0 aromatic rings. The Morgan fingerprint density at radius 3 is 2.43 bits per heavy atom. The molecule has 0 rings (SSSR count). The Morgan fingerprint density at radius 2 is 2.29 bits per heavy atom. The van der Waals surface area contributed by atoms with E-state index in [-0.39, 0.29) is 6.61 Å². The molecule has 0 fully saturated rings. The van der Waals surface area contributed by atoms with E-state index in [1.54, 1.807) is 0 Å². The summed E-state index contributed by atoms with van der Waals surface area (Å²) in [5, 5.41) is 8.29. The van der Waals surface area contributed by atoms with Gasteiger partial charge in [0.1, 0.15) is 0 Å². The van der Waals surface area contributed by atoms with Gasteiger partial charge in [0.2, 0.25) is 0 Å². The highest BCUT2D eigenvalue weighted by atomic mass is 32.1. The zero-order chi connectivity index (χ0) is 5.70. The lowest BCUT2D eigenvalue weighted by Crippen LogP contribution is -2.19. The second-order valence-electron chi connectivity index (χ2n) is 1.44. The Balaban J connectivity index is 2.83. The summed E-state index contributed by atoms with van der Waals surface area (Å²) in [4.78, 5) is 1.92. The zero-order valence-corrected chi connectivity index (χ0v) is 5.36. The molecule has 0 amide bonds. The molecule has 0 aliphatic rings. The Labute approximate surface area is 49.5 Å². The lowest BCUT2D eigenvalue weighted by Gasteiger charge is -2.08. The minimum atomic E-state index is 0.219. The number of likely N-dealkylation sites (N-methyl/N-ethyl adjacent to an activating group) is 1. The van der Waals surface area contributed by atoms with Gasteiger partial charge in [0, 0.05) is 12.4 Å². The van der Waals surface area contributed by atoms with E-state index in [4.69, 9.17) is 5.11 Å². The fraction of sp³-hybridized carbons (Fsp3) is 1.00. The van der Waals surface area contributed by atoms with Gasteiger partial charge >= 0.3 is 0 Å². The Bertz CT molecular complexity index is 42.7. The van der Waals surface area contributed by atoms with E-state index in [9.17, 15) is 0 Å². The van der Waals surface area contributed by atoms with Crippen molar-refractivity contribution in [2.75, 3.05) is 26.1 Å². The average Bonchev–Trinajstić information content (AvgIpc) is 1.68. The molecule has 44 valence electrons. The van der Waals surface area contributed by atoms with Crippen molar-refractivity contribution in [2.24, 2.45) is 0 Å². The van der Waals surface area contributed by atoms with Gasteiger partial charge in [-0.2, -0.15) is 12.6 Å². The summed E-state index contributed by atoms with van der Waals surface area (Å²) in [7, 11) is 1.91. The van der Waals surface area contributed by atoms with E-state index in [1.165, 1.54) is 0 Å². The van der Waals surface area contributed by atoms with E-state index in [0.717, 1.165) is 0 Å². The van der Waals surface area contributed by atoms with Crippen LogP contribution in [0.4, 0.5) is 0 Å². The first-order chi connectivity index (χ1) is 3.31. The molecular formula is C4H11NOS. The predicted molar refractivity (Wildman–Crippen MR) is 33.6 cm³/mol. The van der Waals surface area contributed by atoms with Crippen molar-refractivity contribution in [1.82, 2.24) is 4.90 Å². The highest BCUT2D eigenvalue weighted by Gasteiger charge is 1.88. The molecule has 0 atom stereocenters. The normalized spacial score (nSPS) is 10.3. The summed E-state index contributed by atoms with van der Waals surface area (Å²) in [5.74, 6) is 0.709. The maximum Gasteiger partial charge on any atom is 0.0558 e. The molecule has 7 heavy (non-hydrogen) atoms. The van der Waals surface area contributed by atoms with Crippen LogP contribution in [0.25, 0.3) is 0 Å². The number of thiol groups is 1. The van der Waals surface area contributed by atoms with E-state index < -0.39 is 0 Å². The van der Waals surface area contributed by atoms with Gasteiger partial charge in [-0.15, -0.1) is 0 Å². The van der Waals surface area contributed by atoms with Gasteiger partial charge < -0.3 is 5.11 Å². The van der Waals surface area contributed by atoms with Crippen LogP contribution >= 0.6 is 12.6 Å². The molecule has 0 bridgehead atoms. The maximum atomic E-state index is 8.29. The summed E-state index contributed by atoms with van der Waals surface area (Å²) < 4.78 is 0. The van der Waals surface area contributed by atoms with Crippen LogP contribution in [0.5, 0.6) is 0 Å². The highest BCUT2D eigenvalue weighted by Crippen LogP contribution is 1.80. The first-order valence-corrected chi connectivity index (χ1v) is 2.84. The smallest absolute Gasteiger partial charge is 0.0558 e. The molecule has 0 spiro atoms. The second kappa shape index (κ2) is 4.43. The molecule has 1 N–H and O–H groups in total. The van der Waals surface area contributed by atoms with E-state index in [1.807, 2.05) is 11.9 Å². The zero-order valence-electron chi connectivity index (χ0n) is 4.46. The SMILES string of the molecule is CN(CS)CCO. The maximum absolute atomic E-state index is 8.29. The molecule has 0 saturated carbocycles. The molecular weight excluding hydrogens is 110 g/mol. The van der Waals surface area contributed by atoms with Gasteiger partial charge in [-0.3, -0.25) is 4.90 Å². The van der Waals surface area contributed by atoms with Gasteiger partial charge in [-0.05, 0) is 7.05 Å². The van der Waals surface area contributed by atoms with Gasteiger partial charge in [-0.1, -0.05) is 0 Å². The third kappa shape index (κ3) is 4.12. The Kier molecular flexibility index (Phi) is 4.60. The summed E-state index contributed by atoms with van der Waals surface area (Å²) in [6.45, 7) is 0.931. The monoisotopic (exact) mass is 121 g/mol. The van der Waals surface area contributed by atoms with Crippen molar-refractivity contribution in [2.45, 2.75) is 0 Å². The summed E-state index contributed by atoms with van der Waals surface area (Å²) in [5.41, 5.74) is 0. The molecule has 0 saturated heterocycles. The number of hydrogen-bond donors (Lipinski definition) is 2. The van der Waals surface area contributed by atoms with Crippen LogP contribution in [-0.2, 0) is 0 Å². The lowest BCUT2D eigenvalue weighted by molar-refractivity contribution is 0.239. The van der Waals surface area contributed by atoms with Crippen LogP contribution in [0.1, 0.15) is 0 Å². The summed E-state index contributed by atoms with van der Waals surface area (Å²) in [6.07, 6.45) is 0. The molecule has 0 aliphatic heterocycles. The van der Waals surface area contributed by atoms with E-state index in [2.05, 4.69) is 12.6 Å². The van der Waals surface area contributed by atoms with Crippen LogP contribution < -0.4 is 0 Å². The van der Waals surface area contributed by atoms with E-state index >= 15 is 0 Å². The number of aliphatic hydroxyl groups is 1. The Morgan fingerprint density at radius 1 is 1.71 bits per heavy atom. The third-order valence-corrected chi connectivity index (χ3v) is 1.21. The van der Waals surface area contributed by atoms with Crippen molar-refractivity contribution >= 4 is 12.6 Å². The number of nitrogens with zero attached hydrogens (tertiary/aromatic N) is 1. The van der Waals surface area contributed by atoms with Crippen molar-refractivity contribution < 1.29 is 5.11 Å². The first kappa shape index (κ1) is 7.27. The standard InChI is InChI=1S/C4H11NOS/c1-5(4-7)2-3-6/h6-7H,2-4H2,1H3. The summed E-state index contributed by atoms with van der Waals surface area (Å²) in [6, 6.07) is 0. The fourth-order valence-electron chi connectivity index (χ4n) is 0.241. The largest absolute Gasteiger partial charge is 0.395 e. The lowest BCUT2D eigenvalue weighted by atomic mass is 10.6. The van der Waals surface area contributed by atoms with Gasteiger partial charge in [-0.25, -0.2) is 0 Å². The van der Waals surface area contributed by atoms with Gasteiger partial charge in [0.25, 0.3) is 0 Å². The predicted octanol–water partition coefficient (Wildman–Crippen LogP) is -0.202. The van der Waals surface area contributed by atoms with Crippen molar-refractivity contribution in [3.8, 4) is 0 Å². The van der Waals surface area contributed by atoms with Crippen molar-refractivity contribution in [3.63, 3.8) is 0 Å². The average molecular weight is 121 g/mol. The van der Waals surface area contributed by atoms with Crippen LogP contribution in [0, 0.1) is 0 Å². The molecule has 0 aromatic heterocycles. The van der Waals surface area contributed by atoms with Crippen molar-refractivity contribution in [3.05, 3.63) is 0 Å². The van der Waals surface area contributed by atoms with Gasteiger partial charge in [0.05, 0.1) is 6.61 Å². The van der Waals surface area contributed by atoms with Gasteiger partial charge in [0.15, 0.2) is 0 Å². The van der Waals surface area contributed by atoms with Crippen LogP contribution in [0.3, 0.4) is 0 Å². The van der Waals surface area contributed by atoms with Crippen LogP contribution in [0.15, 0.2) is 0 Å². The minimum Gasteiger partial charge on any atom is -0.395 e. The fourth-order valence-corrected chi connectivity index (χ4v) is 0.383. The topological polar surface area (TPSA) is 23.5 Å². The number of rotatable bonds is 3. The van der Waals surface area contributed by atoms with E-state index in [0.29, 0.717) is 12.4 Å². The molecule has 0 radical (unpaired) electrons. The minimum absolute atomic E-state index is 0.219. The number of aliphatic hydroxyl groups excluding tert-OH is 1. The molecule has 0 unspecified atom stereocenters. The molecule has 2 nitrogen and oxygen atoms in total. The van der Waals surface area contributed by atoms with Crippen LogP contribution in [-0.4, -0.2) is 36.1 Å². The molecule has 0 heterocycles. The molecule has 0 aromatic carbocycles. The first-order valence-electron chi connectivity index (χ1n) is 2.21. The molecule has 0 aliphatic carbocycles. The Hall–Kier alpha value is 0.270. The van der Waals surface area contributed by atoms with Crippen LogP contribution in [0.2, 0.25) is 0 Å². The second-order valence-corrected chi connectivity index (χ2v) is 1.73. The molecule has 3 heteroatoms. The number of hydrogen-bond acceptors (Lipinski definition) is 3. The quantitative estimate of drug-likeness (QED) is 0.399. The third-order valence-electron chi connectivity index (χ3n) is 0.723. The van der Waals surface area contributed by atoms with Crippen molar-refractivity contribution in [1.29, 1.82) is 0 Å².